The molecule has 3 atom stereocenters. The van der Waals surface area contributed by atoms with Gasteiger partial charge in [0, 0.05) is 19.4 Å². The van der Waals surface area contributed by atoms with E-state index in [0.29, 0.717) is 25.8 Å². The summed E-state index contributed by atoms with van der Waals surface area (Å²) in [5.74, 6) is -0.000605. The zero-order valence-corrected chi connectivity index (χ0v) is 14.5. The largest absolute Gasteiger partial charge is 0.464 e. The zero-order chi connectivity index (χ0) is 17.2. The summed E-state index contributed by atoms with van der Waals surface area (Å²) in [7, 11) is 0. The SMILES string of the molecule is CCOC(=O)[C@H]1[C@@H]2CCC(=O)C[C@@H]2CCN1C(=O)OC(C)(C)C. The van der Waals surface area contributed by atoms with Crippen LogP contribution in [-0.4, -0.2) is 47.5 Å². The van der Waals surface area contributed by atoms with Crippen LogP contribution in [0.1, 0.15) is 53.4 Å². The van der Waals surface area contributed by atoms with Crippen LogP contribution in [0.3, 0.4) is 0 Å². The van der Waals surface area contributed by atoms with E-state index < -0.39 is 17.7 Å². The minimum absolute atomic E-state index is 0.0204. The first-order chi connectivity index (χ1) is 10.7. The summed E-state index contributed by atoms with van der Waals surface area (Å²) >= 11 is 0. The first-order valence-electron chi connectivity index (χ1n) is 8.41. The van der Waals surface area contributed by atoms with Gasteiger partial charge >= 0.3 is 12.1 Å². The van der Waals surface area contributed by atoms with Crippen LogP contribution in [-0.2, 0) is 19.1 Å². The zero-order valence-electron chi connectivity index (χ0n) is 14.5. The van der Waals surface area contributed by atoms with E-state index in [-0.39, 0.29) is 30.2 Å². The number of esters is 1. The maximum Gasteiger partial charge on any atom is 0.411 e. The summed E-state index contributed by atoms with van der Waals surface area (Å²) in [6, 6.07) is -0.642. The maximum absolute atomic E-state index is 12.5. The number of rotatable bonds is 2. The van der Waals surface area contributed by atoms with Gasteiger partial charge in [0.05, 0.1) is 6.61 Å². The Morgan fingerprint density at radius 3 is 2.57 bits per heavy atom. The molecule has 1 saturated carbocycles. The van der Waals surface area contributed by atoms with E-state index in [1.54, 1.807) is 27.7 Å². The Morgan fingerprint density at radius 2 is 1.96 bits per heavy atom. The van der Waals surface area contributed by atoms with Gasteiger partial charge in [0.25, 0.3) is 0 Å². The van der Waals surface area contributed by atoms with Gasteiger partial charge in [-0.3, -0.25) is 9.69 Å². The highest BCUT2D eigenvalue weighted by atomic mass is 16.6. The highest BCUT2D eigenvalue weighted by Gasteiger charge is 2.47. The summed E-state index contributed by atoms with van der Waals surface area (Å²) in [6.07, 6.45) is 1.85. The van der Waals surface area contributed by atoms with Gasteiger partial charge in [-0.15, -0.1) is 0 Å². The second-order valence-electron chi connectivity index (χ2n) is 7.36. The molecule has 130 valence electrons. The number of fused-ring (bicyclic) bond motifs is 1. The van der Waals surface area contributed by atoms with Crippen molar-refractivity contribution in [3.05, 3.63) is 0 Å². The van der Waals surface area contributed by atoms with E-state index >= 15 is 0 Å². The number of ketones is 1. The van der Waals surface area contributed by atoms with E-state index in [1.165, 1.54) is 4.90 Å². The third kappa shape index (κ3) is 4.24. The summed E-state index contributed by atoms with van der Waals surface area (Å²) in [5, 5.41) is 0. The molecule has 0 aromatic carbocycles. The first kappa shape index (κ1) is 17.8. The van der Waals surface area contributed by atoms with Crippen LogP contribution in [0.4, 0.5) is 4.79 Å². The van der Waals surface area contributed by atoms with Crippen LogP contribution in [0.25, 0.3) is 0 Å². The summed E-state index contributed by atoms with van der Waals surface area (Å²) in [4.78, 5) is 38.2. The highest BCUT2D eigenvalue weighted by molar-refractivity contribution is 5.84. The molecule has 0 aromatic rings. The molecule has 0 aromatic heterocycles. The number of hydrogen-bond acceptors (Lipinski definition) is 5. The Balaban J connectivity index is 2.21. The number of nitrogens with zero attached hydrogens (tertiary/aromatic N) is 1. The molecule has 1 aliphatic heterocycles. The monoisotopic (exact) mass is 325 g/mol. The fraction of sp³-hybridized carbons (Fsp3) is 0.824. The van der Waals surface area contributed by atoms with Crippen molar-refractivity contribution in [2.24, 2.45) is 11.8 Å². The molecule has 0 radical (unpaired) electrons. The lowest BCUT2D eigenvalue weighted by atomic mass is 9.70. The van der Waals surface area contributed by atoms with Crippen LogP contribution in [0.5, 0.6) is 0 Å². The van der Waals surface area contributed by atoms with E-state index in [2.05, 4.69) is 0 Å². The Labute approximate surface area is 137 Å². The van der Waals surface area contributed by atoms with Crippen molar-refractivity contribution in [2.75, 3.05) is 13.2 Å². The van der Waals surface area contributed by atoms with Gasteiger partial charge in [-0.25, -0.2) is 9.59 Å². The van der Waals surface area contributed by atoms with Gasteiger partial charge in [0.15, 0.2) is 0 Å². The molecule has 1 amide bonds. The molecule has 23 heavy (non-hydrogen) atoms. The van der Waals surface area contributed by atoms with Crippen molar-refractivity contribution in [1.82, 2.24) is 4.90 Å². The minimum Gasteiger partial charge on any atom is -0.464 e. The van der Waals surface area contributed by atoms with Gasteiger partial charge in [-0.1, -0.05) is 0 Å². The lowest BCUT2D eigenvalue weighted by molar-refractivity contribution is -0.156. The molecule has 2 rings (SSSR count). The summed E-state index contributed by atoms with van der Waals surface area (Å²) in [5.41, 5.74) is -0.615. The molecule has 1 saturated heterocycles. The topological polar surface area (TPSA) is 72.9 Å². The van der Waals surface area contributed by atoms with E-state index in [0.717, 1.165) is 6.42 Å². The van der Waals surface area contributed by atoms with Gasteiger partial charge in [0.2, 0.25) is 0 Å². The third-order valence-corrected chi connectivity index (χ3v) is 4.49. The lowest BCUT2D eigenvalue weighted by Crippen LogP contribution is -2.58. The number of carbonyl (C=O) groups excluding carboxylic acids is 3. The molecule has 0 N–H and O–H groups in total. The van der Waals surface area contributed by atoms with Crippen LogP contribution in [0.15, 0.2) is 0 Å². The molecule has 6 nitrogen and oxygen atoms in total. The second kappa shape index (κ2) is 6.89. The van der Waals surface area contributed by atoms with Crippen molar-refractivity contribution >= 4 is 17.8 Å². The second-order valence-corrected chi connectivity index (χ2v) is 7.36. The number of carbonyl (C=O) groups is 3. The molecule has 2 fully saturated rings. The number of Topliss-reactive ketones (excluding diaryl/α,β-unsaturated/α-hetero) is 1. The minimum atomic E-state index is -0.642. The molecule has 2 aliphatic rings. The average molecular weight is 325 g/mol. The third-order valence-electron chi connectivity index (χ3n) is 4.49. The summed E-state index contributed by atoms with van der Waals surface area (Å²) < 4.78 is 10.6. The van der Waals surface area contributed by atoms with Crippen molar-refractivity contribution in [3.8, 4) is 0 Å². The van der Waals surface area contributed by atoms with E-state index in [4.69, 9.17) is 9.47 Å². The van der Waals surface area contributed by atoms with Gasteiger partial charge in [-0.2, -0.15) is 0 Å². The predicted octanol–water partition coefficient (Wildman–Crippen LogP) is 2.54. The van der Waals surface area contributed by atoms with Crippen molar-refractivity contribution < 1.29 is 23.9 Å². The highest BCUT2D eigenvalue weighted by Crippen LogP contribution is 2.39. The van der Waals surface area contributed by atoms with E-state index in [9.17, 15) is 14.4 Å². The quantitative estimate of drug-likeness (QED) is 0.730. The molecule has 6 heteroatoms. The number of likely N-dealkylation sites (tertiary alicyclic amines) is 1. The number of amides is 1. The van der Waals surface area contributed by atoms with Crippen LogP contribution in [0.2, 0.25) is 0 Å². The Kier molecular flexibility index (Phi) is 5.32. The van der Waals surface area contributed by atoms with Crippen molar-refractivity contribution in [3.63, 3.8) is 0 Å². The molecule has 0 unspecified atom stereocenters. The molecule has 0 bridgehead atoms. The Bertz CT molecular complexity index is 482. The number of hydrogen-bond donors (Lipinski definition) is 0. The number of piperidine rings is 1. The number of ether oxygens (including phenoxy) is 2. The molecular formula is C17H27NO5. The fourth-order valence-corrected chi connectivity index (χ4v) is 3.57. The molecule has 1 heterocycles. The maximum atomic E-state index is 12.5. The van der Waals surface area contributed by atoms with Gasteiger partial charge in [-0.05, 0) is 52.4 Å². The molecule has 0 spiro atoms. The molecule has 1 aliphatic carbocycles. The van der Waals surface area contributed by atoms with Gasteiger partial charge < -0.3 is 9.47 Å². The Hall–Kier alpha value is -1.59. The van der Waals surface area contributed by atoms with Gasteiger partial charge in [0.1, 0.15) is 17.4 Å². The Morgan fingerprint density at radius 1 is 1.26 bits per heavy atom. The standard InChI is InChI=1S/C17H27NO5/c1-5-22-15(20)14-13-7-6-12(19)10-11(13)8-9-18(14)16(21)23-17(2,3)4/h11,13-14H,5-10H2,1-4H3/t11-,13+,14+/m0/s1. The molecular weight excluding hydrogens is 298 g/mol. The lowest BCUT2D eigenvalue weighted by Gasteiger charge is -2.45. The van der Waals surface area contributed by atoms with Crippen LogP contribution in [0, 0.1) is 11.8 Å². The normalized spacial score (nSPS) is 28.1. The van der Waals surface area contributed by atoms with Crippen LogP contribution < -0.4 is 0 Å². The predicted molar refractivity (Wildman–Crippen MR) is 83.8 cm³/mol. The van der Waals surface area contributed by atoms with Crippen LogP contribution >= 0.6 is 0 Å². The smallest absolute Gasteiger partial charge is 0.411 e. The van der Waals surface area contributed by atoms with E-state index in [1.807, 2.05) is 0 Å². The first-order valence-corrected chi connectivity index (χ1v) is 8.41. The van der Waals surface area contributed by atoms with Crippen molar-refractivity contribution in [2.45, 2.75) is 65.0 Å². The summed E-state index contributed by atoms with van der Waals surface area (Å²) in [6.45, 7) is 7.85. The van der Waals surface area contributed by atoms with Crippen molar-refractivity contribution in [1.29, 1.82) is 0 Å². The average Bonchev–Trinajstić information content (AvgIpc) is 2.44. The fourth-order valence-electron chi connectivity index (χ4n) is 3.57.